The molecule has 0 saturated heterocycles. The van der Waals surface area contributed by atoms with E-state index in [2.05, 4.69) is 22.5 Å². The first-order valence-corrected chi connectivity index (χ1v) is 8.39. The zero-order valence-electron chi connectivity index (χ0n) is 14.5. The van der Waals surface area contributed by atoms with Crippen molar-refractivity contribution in [2.24, 2.45) is 16.6 Å². The fourth-order valence-corrected chi connectivity index (χ4v) is 1.87. The molecule has 1 amide bonds. The first kappa shape index (κ1) is 23.7. The third-order valence-corrected chi connectivity index (χ3v) is 3.28. The van der Waals surface area contributed by atoms with E-state index >= 15 is 0 Å². The zero-order chi connectivity index (χ0) is 15.9. The van der Waals surface area contributed by atoms with Crippen LogP contribution in [0.2, 0.25) is 0 Å². The molecule has 0 atom stereocenters. The van der Waals surface area contributed by atoms with Gasteiger partial charge in [0.2, 0.25) is 5.91 Å². The van der Waals surface area contributed by atoms with Gasteiger partial charge >= 0.3 is 0 Å². The monoisotopic (exact) mass is 426 g/mol. The molecule has 0 radical (unpaired) electrons. The Morgan fingerprint density at radius 1 is 1.00 bits per heavy atom. The Kier molecular flexibility index (Phi) is 18.2. The van der Waals surface area contributed by atoms with Crippen molar-refractivity contribution in [1.29, 1.82) is 0 Å². The highest BCUT2D eigenvalue weighted by Gasteiger charge is 2.04. The van der Waals surface area contributed by atoms with Crippen LogP contribution < -0.4 is 16.4 Å². The summed E-state index contributed by atoms with van der Waals surface area (Å²) in [4.78, 5) is 15.6. The van der Waals surface area contributed by atoms with E-state index in [9.17, 15) is 4.79 Å². The molecular weight excluding hydrogens is 391 g/mol. The van der Waals surface area contributed by atoms with Crippen LogP contribution in [0.15, 0.2) is 4.99 Å². The Balaban J connectivity index is 0. The van der Waals surface area contributed by atoms with Crippen molar-refractivity contribution in [3.8, 4) is 0 Å². The van der Waals surface area contributed by atoms with Gasteiger partial charge in [0.15, 0.2) is 5.96 Å². The van der Waals surface area contributed by atoms with Gasteiger partial charge in [-0.05, 0) is 12.8 Å². The number of hydrogen-bond donors (Lipinski definition) is 3. The molecule has 4 N–H and O–H groups in total. The zero-order valence-corrected chi connectivity index (χ0v) is 16.8. The van der Waals surface area contributed by atoms with Crippen molar-refractivity contribution in [1.82, 2.24) is 10.6 Å². The molecule has 0 unspecified atom stereocenters. The number of rotatable bonds is 12. The Hall–Kier alpha value is -0.530. The second-order valence-electron chi connectivity index (χ2n) is 5.76. The van der Waals surface area contributed by atoms with Crippen molar-refractivity contribution in [2.75, 3.05) is 19.6 Å². The number of guanidine groups is 1. The Bertz CT molecular complexity index is 296. The predicted octanol–water partition coefficient (Wildman–Crippen LogP) is 3.03. The van der Waals surface area contributed by atoms with Gasteiger partial charge in [0.05, 0.1) is 0 Å². The minimum atomic E-state index is 0. The first-order valence-electron chi connectivity index (χ1n) is 8.39. The topological polar surface area (TPSA) is 79.5 Å². The second-order valence-corrected chi connectivity index (χ2v) is 5.76. The second kappa shape index (κ2) is 16.8. The molecule has 0 saturated carbocycles. The Morgan fingerprint density at radius 2 is 1.59 bits per heavy atom. The number of nitrogens with zero attached hydrogens (tertiary/aromatic N) is 1. The van der Waals surface area contributed by atoms with Crippen molar-refractivity contribution < 1.29 is 4.79 Å². The van der Waals surface area contributed by atoms with Crippen molar-refractivity contribution in [3.05, 3.63) is 0 Å². The summed E-state index contributed by atoms with van der Waals surface area (Å²) >= 11 is 0. The number of carbonyl (C=O) groups is 1. The minimum Gasteiger partial charge on any atom is -0.370 e. The van der Waals surface area contributed by atoms with Gasteiger partial charge in [-0.2, -0.15) is 0 Å². The van der Waals surface area contributed by atoms with E-state index in [1.165, 1.54) is 32.1 Å². The third-order valence-electron chi connectivity index (χ3n) is 3.28. The molecule has 5 nitrogen and oxygen atoms in total. The molecule has 132 valence electrons. The average Bonchev–Trinajstić information content (AvgIpc) is 2.45. The lowest BCUT2D eigenvalue weighted by Gasteiger charge is -2.07. The summed E-state index contributed by atoms with van der Waals surface area (Å²) in [6, 6.07) is 0. The van der Waals surface area contributed by atoms with Crippen LogP contribution in [0.3, 0.4) is 0 Å². The van der Waals surface area contributed by atoms with Gasteiger partial charge in [-0.1, -0.05) is 52.9 Å². The molecule has 0 aliphatic heterocycles. The standard InChI is InChI=1S/C16H34N4O.HI/c1-4-5-6-7-8-9-11-19-16(17)20-13-10-12-18-15(21)14(2)3;/h14H,4-13H2,1-3H3,(H,18,21)(H3,17,19,20);1H. The predicted molar refractivity (Wildman–Crippen MR) is 106 cm³/mol. The van der Waals surface area contributed by atoms with E-state index in [0.717, 1.165) is 19.4 Å². The smallest absolute Gasteiger partial charge is 0.222 e. The highest BCUT2D eigenvalue weighted by Crippen LogP contribution is 2.03. The summed E-state index contributed by atoms with van der Waals surface area (Å²) in [5.74, 6) is 0.643. The molecular formula is C16H35IN4O. The highest BCUT2D eigenvalue weighted by molar-refractivity contribution is 14.0. The van der Waals surface area contributed by atoms with Crippen molar-refractivity contribution in [3.63, 3.8) is 0 Å². The van der Waals surface area contributed by atoms with Crippen LogP contribution >= 0.6 is 24.0 Å². The number of unbranched alkanes of at least 4 members (excludes halogenated alkanes) is 5. The van der Waals surface area contributed by atoms with Crippen molar-refractivity contribution >= 4 is 35.8 Å². The summed E-state index contributed by atoms with van der Waals surface area (Å²) in [6.45, 7) is 8.20. The average molecular weight is 426 g/mol. The van der Waals surface area contributed by atoms with Crippen LogP contribution in [0.4, 0.5) is 0 Å². The molecule has 0 aromatic carbocycles. The quantitative estimate of drug-likeness (QED) is 0.194. The van der Waals surface area contributed by atoms with Crippen LogP contribution in [-0.2, 0) is 4.79 Å². The Labute approximate surface area is 153 Å². The Morgan fingerprint density at radius 3 is 2.23 bits per heavy atom. The summed E-state index contributed by atoms with van der Waals surface area (Å²) in [5.41, 5.74) is 5.78. The molecule has 6 heteroatoms. The lowest BCUT2D eigenvalue weighted by molar-refractivity contribution is -0.123. The van der Waals surface area contributed by atoms with E-state index in [0.29, 0.717) is 19.0 Å². The van der Waals surface area contributed by atoms with Gasteiger partial charge in [-0.3, -0.25) is 9.79 Å². The fraction of sp³-hybridized carbons (Fsp3) is 0.875. The maximum atomic E-state index is 11.3. The lowest BCUT2D eigenvalue weighted by Crippen LogP contribution is -2.33. The SMILES string of the molecule is CCCCCCCCNC(N)=NCCCNC(=O)C(C)C.I. The summed E-state index contributed by atoms with van der Waals surface area (Å²) < 4.78 is 0. The van der Waals surface area contributed by atoms with Gasteiger partial charge in [-0.15, -0.1) is 24.0 Å². The number of carbonyl (C=O) groups excluding carboxylic acids is 1. The molecule has 0 spiro atoms. The van der Waals surface area contributed by atoms with Gasteiger partial charge in [0, 0.05) is 25.6 Å². The molecule has 0 rings (SSSR count). The molecule has 0 aliphatic rings. The third kappa shape index (κ3) is 15.9. The number of halogens is 1. The van der Waals surface area contributed by atoms with Crippen LogP contribution in [0.1, 0.15) is 65.7 Å². The summed E-state index contributed by atoms with van der Waals surface area (Å²) in [6.07, 6.45) is 8.48. The normalized spacial score (nSPS) is 11.2. The summed E-state index contributed by atoms with van der Waals surface area (Å²) in [7, 11) is 0. The molecule has 0 aromatic heterocycles. The van der Waals surface area contributed by atoms with Gasteiger partial charge < -0.3 is 16.4 Å². The van der Waals surface area contributed by atoms with Crippen molar-refractivity contribution in [2.45, 2.75) is 65.7 Å². The number of hydrogen-bond acceptors (Lipinski definition) is 2. The summed E-state index contributed by atoms with van der Waals surface area (Å²) in [5, 5.41) is 5.99. The van der Waals surface area contributed by atoms with E-state index in [-0.39, 0.29) is 35.8 Å². The molecule has 0 heterocycles. The maximum Gasteiger partial charge on any atom is 0.222 e. The molecule has 0 fully saturated rings. The van der Waals surface area contributed by atoms with E-state index < -0.39 is 0 Å². The number of nitrogens with one attached hydrogen (secondary N) is 2. The lowest BCUT2D eigenvalue weighted by atomic mass is 10.1. The maximum absolute atomic E-state index is 11.3. The molecule has 0 aromatic rings. The van der Waals surface area contributed by atoms with Crippen LogP contribution in [0.5, 0.6) is 0 Å². The molecule has 22 heavy (non-hydrogen) atoms. The van der Waals surface area contributed by atoms with E-state index in [1.807, 2.05) is 13.8 Å². The van der Waals surface area contributed by atoms with Crippen LogP contribution in [0.25, 0.3) is 0 Å². The largest absolute Gasteiger partial charge is 0.370 e. The minimum absolute atomic E-state index is 0. The van der Waals surface area contributed by atoms with E-state index in [4.69, 9.17) is 5.73 Å². The molecule has 0 aliphatic carbocycles. The number of nitrogens with two attached hydrogens (primary N) is 1. The number of amides is 1. The van der Waals surface area contributed by atoms with Crippen LogP contribution in [0, 0.1) is 5.92 Å². The van der Waals surface area contributed by atoms with Gasteiger partial charge in [0.25, 0.3) is 0 Å². The van der Waals surface area contributed by atoms with E-state index in [1.54, 1.807) is 0 Å². The van der Waals surface area contributed by atoms with Gasteiger partial charge in [0.1, 0.15) is 0 Å². The number of aliphatic imine (C=N–C) groups is 1. The first-order chi connectivity index (χ1) is 10.1. The fourth-order valence-electron chi connectivity index (χ4n) is 1.87. The van der Waals surface area contributed by atoms with Gasteiger partial charge in [-0.25, -0.2) is 0 Å². The highest BCUT2D eigenvalue weighted by atomic mass is 127. The van der Waals surface area contributed by atoms with Crippen LogP contribution in [-0.4, -0.2) is 31.5 Å². The molecule has 0 bridgehead atoms.